The summed E-state index contributed by atoms with van der Waals surface area (Å²) in [6.07, 6.45) is 1.58. The predicted octanol–water partition coefficient (Wildman–Crippen LogP) is 2.47. The molecule has 2 N–H and O–H groups in total. The number of aromatic nitrogens is 1. The summed E-state index contributed by atoms with van der Waals surface area (Å²) in [5.41, 5.74) is 2.19. The Kier molecular flexibility index (Phi) is 4.59. The summed E-state index contributed by atoms with van der Waals surface area (Å²) < 4.78 is 27.4. The van der Waals surface area contributed by atoms with Crippen molar-refractivity contribution in [3.63, 3.8) is 0 Å². The van der Waals surface area contributed by atoms with Gasteiger partial charge in [-0.1, -0.05) is 12.1 Å². The highest BCUT2D eigenvalue weighted by Gasteiger charge is 2.15. The molecule has 21 heavy (non-hydrogen) atoms. The van der Waals surface area contributed by atoms with Crippen LogP contribution in [0.4, 0.5) is 5.69 Å². The van der Waals surface area contributed by atoms with Gasteiger partial charge in [0.25, 0.3) is 10.0 Å². The second-order valence-corrected chi connectivity index (χ2v) is 6.56. The first-order chi connectivity index (χ1) is 9.92. The molecule has 1 aromatic carbocycles. The van der Waals surface area contributed by atoms with Crippen molar-refractivity contribution in [3.05, 3.63) is 53.9 Å². The summed E-state index contributed by atoms with van der Waals surface area (Å²) in [6.45, 7) is 3.79. The number of anilines is 1. The average molecular weight is 305 g/mol. The van der Waals surface area contributed by atoms with E-state index in [2.05, 4.69) is 15.0 Å². The molecule has 0 aliphatic heterocycles. The van der Waals surface area contributed by atoms with E-state index in [1.807, 2.05) is 27.0 Å². The van der Waals surface area contributed by atoms with Crippen molar-refractivity contribution < 1.29 is 8.42 Å². The monoisotopic (exact) mass is 305 g/mol. The molecule has 1 unspecified atom stereocenters. The van der Waals surface area contributed by atoms with E-state index in [-0.39, 0.29) is 10.9 Å². The maximum atomic E-state index is 12.4. The molecule has 0 aliphatic rings. The Morgan fingerprint density at radius 2 is 1.95 bits per heavy atom. The molecule has 0 aliphatic carbocycles. The third-order valence-corrected chi connectivity index (χ3v) is 4.63. The maximum absolute atomic E-state index is 12.4. The smallest absolute Gasteiger partial charge is 0.261 e. The molecule has 2 rings (SSSR count). The van der Waals surface area contributed by atoms with Gasteiger partial charge in [-0.15, -0.1) is 0 Å². The van der Waals surface area contributed by atoms with Crippen LogP contribution in [0.2, 0.25) is 0 Å². The Morgan fingerprint density at radius 1 is 1.19 bits per heavy atom. The number of pyridine rings is 1. The van der Waals surface area contributed by atoms with Gasteiger partial charge < -0.3 is 5.32 Å². The van der Waals surface area contributed by atoms with Crippen molar-refractivity contribution in [1.29, 1.82) is 0 Å². The molecule has 0 saturated carbocycles. The van der Waals surface area contributed by atoms with Crippen LogP contribution in [0.15, 0.2) is 47.5 Å². The Labute approximate surface area is 125 Å². The molecular weight excluding hydrogens is 286 g/mol. The van der Waals surface area contributed by atoms with Gasteiger partial charge in [0.1, 0.15) is 0 Å². The molecule has 2 aromatic rings. The highest BCUT2D eigenvalue weighted by Crippen LogP contribution is 2.20. The fourth-order valence-electron chi connectivity index (χ4n) is 1.94. The first-order valence-electron chi connectivity index (χ1n) is 6.65. The molecule has 0 amide bonds. The maximum Gasteiger partial charge on any atom is 0.261 e. The summed E-state index contributed by atoms with van der Waals surface area (Å²) in [7, 11) is -1.76. The van der Waals surface area contributed by atoms with Crippen molar-refractivity contribution in [1.82, 2.24) is 10.3 Å². The van der Waals surface area contributed by atoms with Crippen LogP contribution >= 0.6 is 0 Å². The molecule has 0 saturated heterocycles. The van der Waals surface area contributed by atoms with Crippen LogP contribution < -0.4 is 10.0 Å². The van der Waals surface area contributed by atoms with Gasteiger partial charge in [-0.3, -0.25) is 9.71 Å². The second-order valence-electron chi connectivity index (χ2n) is 4.87. The number of benzene rings is 1. The van der Waals surface area contributed by atoms with Crippen molar-refractivity contribution in [2.45, 2.75) is 24.8 Å². The van der Waals surface area contributed by atoms with E-state index in [1.54, 1.807) is 36.5 Å². The van der Waals surface area contributed by atoms with Gasteiger partial charge >= 0.3 is 0 Å². The standard InChI is InChI=1S/C15H19N3O2S/c1-11-9-14(7-8-17-11)18-21(19,20)15-6-4-5-13(10-15)12(2)16-3/h4-10,12,16H,1-3H3,(H,17,18). The summed E-state index contributed by atoms with van der Waals surface area (Å²) in [5.74, 6) is 0. The number of hydrogen-bond acceptors (Lipinski definition) is 4. The van der Waals surface area contributed by atoms with E-state index in [1.165, 1.54) is 0 Å². The minimum absolute atomic E-state index is 0.0864. The van der Waals surface area contributed by atoms with Crippen molar-refractivity contribution in [2.75, 3.05) is 11.8 Å². The topological polar surface area (TPSA) is 71.1 Å². The van der Waals surface area contributed by atoms with Gasteiger partial charge in [0.05, 0.1) is 10.6 Å². The minimum Gasteiger partial charge on any atom is -0.313 e. The second kappa shape index (κ2) is 6.24. The molecule has 1 atom stereocenters. The lowest BCUT2D eigenvalue weighted by Crippen LogP contribution is -2.16. The normalized spacial score (nSPS) is 12.9. The van der Waals surface area contributed by atoms with Gasteiger partial charge in [0.2, 0.25) is 0 Å². The number of nitrogens with zero attached hydrogens (tertiary/aromatic N) is 1. The van der Waals surface area contributed by atoms with E-state index in [9.17, 15) is 8.42 Å². The summed E-state index contributed by atoms with van der Waals surface area (Å²) in [5, 5.41) is 3.09. The van der Waals surface area contributed by atoms with Crippen LogP contribution in [0.5, 0.6) is 0 Å². The van der Waals surface area contributed by atoms with E-state index < -0.39 is 10.0 Å². The van der Waals surface area contributed by atoms with E-state index >= 15 is 0 Å². The Morgan fingerprint density at radius 3 is 2.62 bits per heavy atom. The van der Waals surface area contributed by atoms with Gasteiger partial charge in [-0.25, -0.2) is 8.42 Å². The largest absolute Gasteiger partial charge is 0.313 e. The van der Waals surface area contributed by atoms with Crippen molar-refractivity contribution in [2.24, 2.45) is 0 Å². The van der Waals surface area contributed by atoms with Gasteiger partial charge in [-0.05, 0) is 50.7 Å². The van der Waals surface area contributed by atoms with Crippen molar-refractivity contribution >= 4 is 15.7 Å². The third-order valence-electron chi connectivity index (χ3n) is 3.25. The van der Waals surface area contributed by atoms with Crippen LogP contribution in [-0.2, 0) is 10.0 Å². The SMILES string of the molecule is CNC(C)c1cccc(S(=O)(=O)Nc2ccnc(C)c2)c1. The van der Waals surface area contributed by atoms with Crippen LogP contribution in [-0.4, -0.2) is 20.4 Å². The molecule has 0 bridgehead atoms. The van der Waals surface area contributed by atoms with Crippen LogP contribution in [0, 0.1) is 6.92 Å². The lowest BCUT2D eigenvalue weighted by molar-refractivity contribution is 0.600. The molecular formula is C15H19N3O2S. The fraction of sp³-hybridized carbons (Fsp3) is 0.267. The van der Waals surface area contributed by atoms with E-state index in [4.69, 9.17) is 0 Å². The number of rotatable bonds is 5. The molecule has 6 heteroatoms. The van der Waals surface area contributed by atoms with Gasteiger partial charge in [0, 0.05) is 17.9 Å². The van der Waals surface area contributed by atoms with Crippen LogP contribution in [0.25, 0.3) is 0 Å². The molecule has 5 nitrogen and oxygen atoms in total. The fourth-order valence-corrected chi connectivity index (χ4v) is 3.04. The molecule has 112 valence electrons. The van der Waals surface area contributed by atoms with E-state index in [0.717, 1.165) is 11.3 Å². The zero-order valence-electron chi connectivity index (χ0n) is 12.3. The zero-order valence-corrected chi connectivity index (χ0v) is 13.1. The van der Waals surface area contributed by atoms with Crippen molar-refractivity contribution in [3.8, 4) is 0 Å². The minimum atomic E-state index is -3.60. The zero-order chi connectivity index (χ0) is 15.5. The van der Waals surface area contributed by atoms with Crippen LogP contribution in [0.1, 0.15) is 24.2 Å². The third kappa shape index (κ3) is 3.80. The molecule has 0 radical (unpaired) electrons. The van der Waals surface area contributed by atoms with Crippen LogP contribution in [0.3, 0.4) is 0 Å². The average Bonchev–Trinajstić information content (AvgIpc) is 2.46. The first-order valence-corrected chi connectivity index (χ1v) is 8.13. The summed E-state index contributed by atoms with van der Waals surface area (Å²) in [4.78, 5) is 4.29. The highest BCUT2D eigenvalue weighted by molar-refractivity contribution is 7.92. The molecule has 1 heterocycles. The van der Waals surface area contributed by atoms with Gasteiger partial charge in [0.15, 0.2) is 0 Å². The lowest BCUT2D eigenvalue weighted by atomic mass is 10.1. The predicted molar refractivity (Wildman–Crippen MR) is 83.7 cm³/mol. The Bertz CT molecular complexity index is 729. The number of aryl methyl sites for hydroxylation is 1. The van der Waals surface area contributed by atoms with E-state index in [0.29, 0.717) is 5.69 Å². The van der Waals surface area contributed by atoms with Gasteiger partial charge in [-0.2, -0.15) is 0 Å². The summed E-state index contributed by atoms with van der Waals surface area (Å²) in [6, 6.07) is 10.3. The summed E-state index contributed by atoms with van der Waals surface area (Å²) >= 11 is 0. The Balaban J connectivity index is 2.31. The number of nitrogens with one attached hydrogen (secondary N) is 2. The lowest BCUT2D eigenvalue weighted by Gasteiger charge is -2.13. The first kappa shape index (κ1) is 15.5. The molecule has 0 fully saturated rings. The Hall–Kier alpha value is -1.92. The quantitative estimate of drug-likeness (QED) is 0.890. The molecule has 0 spiro atoms. The number of sulfonamides is 1. The number of hydrogen-bond donors (Lipinski definition) is 2. The molecule has 1 aromatic heterocycles. The highest BCUT2D eigenvalue weighted by atomic mass is 32.2.